The first-order valence-electron chi connectivity index (χ1n) is 4.78. The van der Waals surface area contributed by atoms with Crippen LogP contribution in [-0.2, 0) is 0 Å². The van der Waals surface area contributed by atoms with Gasteiger partial charge in [0.1, 0.15) is 11.5 Å². The van der Waals surface area contributed by atoms with Gasteiger partial charge in [0, 0.05) is 6.07 Å². The van der Waals surface area contributed by atoms with Crippen LogP contribution in [0.15, 0.2) is 22.2 Å². The highest BCUT2D eigenvalue weighted by molar-refractivity contribution is 9.11. The zero-order chi connectivity index (χ0) is 12.0. The Bertz CT molecular complexity index is 686. The Morgan fingerprint density at radius 2 is 2.18 bits per heavy atom. The molecule has 0 aliphatic carbocycles. The second-order valence-corrected chi connectivity index (χ2v) is 6.29. The van der Waals surface area contributed by atoms with E-state index in [0.717, 1.165) is 14.5 Å². The number of aryl methyl sites for hydroxylation is 1. The lowest BCUT2D eigenvalue weighted by Gasteiger charge is -1.95. The molecule has 86 valence electrons. The number of thiophene rings is 1. The number of rotatable bonds is 1. The fourth-order valence-electron chi connectivity index (χ4n) is 1.51. The van der Waals surface area contributed by atoms with Crippen molar-refractivity contribution in [2.24, 2.45) is 0 Å². The van der Waals surface area contributed by atoms with E-state index in [1.165, 1.54) is 5.56 Å². The van der Waals surface area contributed by atoms with E-state index < -0.39 is 0 Å². The van der Waals surface area contributed by atoms with E-state index in [1.54, 1.807) is 23.7 Å². The van der Waals surface area contributed by atoms with E-state index in [9.17, 15) is 0 Å². The number of fused-ring (bicyclic) bond motifs is 1. The van der Waals surface area contributed by atoms with Gasteiger partial charge >= 0.3 is 0 Å². The molecule has 0 bridgehead atoms. The molecule has 0 saturated heterocycles. The molecule has 0 spiro atoms. The van der Waals surface area contributed by atoms with Crippen molar-refractivity contribution in [1.29, 1.82) is 0 Å². The molecule has 0 unspecified atom stereocenters. The van der Waals surface area contributed by atoms with Crippen LogP contribution in [0.25, 0.3) is 16.3 Å². The minimum absolute atomic E-state index is 0.417. The van der Waals surface area contributed by atoms with Gasteiger partial charge in [-0.25, -0.2) is 4.98 Å². The predicted molar refractivity (Wildman–Crippen MR) is 71.5 cm³/mol. The summed E-state index contributed by atoms with van der Waals surface area (Å²) in [7, 11) is 0. The standard InChI is InChI=1S/C10H6BrClN4S/c1-5-2-6(17-9(5)11)10-15-14-8-3-7(12)13-4-16(8)10/h2-4H,1H3. The van der Waals surface area contributed by atoms with Gasteiger partial charge in [-0.05, 0) is 34.5 Å². The Kier molecular flexibility index (Phi) is 2.65. The predicted octanol–water partition coefficient (Wildman–Crippen LogP) is 3.58. The normalized spacial score (nSPS) is 11.2. The molecule has 3 aromatic rings. The smallest absolute Gasteiger partial charge is 0.179 e. The van der Waals surface area contributed by atoms with Crippen LogP contribution in [0.5, 0.6) is 0 Å². The van der Waals surface area contributed by atoms with Crippen molar-refractivity contribution in [3.8, 4) is 10.7 Å². The second kappa shape index (κ2) is 4.04. The Morgan fingerprint density at radius 1 is 1.35 bits per heavy atom. The number of hydrogen-bond donors (Lipinski definition) is 0. The number of hydrogen-bond acceptors (Lipinski definition) is 4. The lowest BCUT2D eigenvalue weighted by atomic mass is 10.3. The van der Waals surface area contributed by atoms with Crippen molar-refractivity contribution in [2.75, 3.05) is 0 Å². The molecular weight excluding hydrogens is 324 g/mol. The molecule has 3 rings (SSSR count). The van der Waals surface area contributed by atoms with Crippen molar-refractivity contribution in [3.05, 3.63) is 33.0 Å². The van der Waals surface area contributed by atoms with Crippen LogP contribution in [0.3, 0.4) is 0 Å². The van der Waals surface area contributed by atoms with Gasteiger partial charge in [-0.2, -0.15) is 0 Å². The summed E-state index contributed by atoms with van der Waals surface area (Å²) in [6, 6.07) is 3.76. The first kappa shape index (κ1) is 11.1. The molecule has 3 aromatic heterocycles. The van der Waals surface area contributed by atoms with Crippen LogP contribution in [0.1, 0.15) is 5.56 Å². The van der Waals surface area contributed by atoms with Crippen LogP contribution < -0.4 is 0 Å². The zero-order valence-electron chi connectivity index (χ0n) is 8.69. The highest BCUT2D eigenvalue weighted by Gasteiger charge is 2.12. The topological polar surface area (TPSA) is 43.1 Å². The van der Waals surface area contributed by atoms with Gasteiger partial charge in [0.05, 0.1) is 8.66 Å². The lowest BCUT2D eigenvalue weighted by Crippen LogP contribution is -1.89. The molecule has 4 nitrogen and oxygen atoms in total. The molecule has 7 heteroatoms. The van der Waals surface area contributed by atoms with Gasteiger partial charge in [-0.1, -0.05) is 11.6 Å². The van der Waals surface area contributed by atoms with Crippen LogP contribution in [0.2, 0.25) is 5.15 Å². The van der Waals surface area contributed by atoms with Crippen molar-refractivity contribution in [3.63, 3.8) is 0 Å². The molecule has 0 radical (unpaired) electrons. The van der Waals surface area contributed by atoms with E-state index >= 15 is 0 Å². The third-order valence-electron chi connectivity index (χ3n) is 2.34. The summed E-state index contributed by atoms with van der Waals surface area (Å²) in [4.78, 5) is 5.08. The average Bonchev–Trinajstić information content (AvgIpc) is 2.83. The monoisotopic (exact) mass is 328 g/mol. The van der Waals surface area contributed by atoms with Crippen molar-refractivity contribution in [1.82, 2.24) is 19.6 Å². The van der Waals surface area contributed by atoms with Gasteiger partial charge in [-0.3, -0.25) is 4.40 Å². The summed E-state index contributed by atoms with van der Waals surface area (Å²) in [5, 5.41) is 8.66. The van der Waals surface area contributed by atoms with Crippen LogP contribution in [0.4, 0.5) is 0 Å². The molecule has 0 atom stereocenters. The van der Waals surface area contributed by atoms with Crippen LogP contribution >= 0.6 is 38.9 Å². The summed E-state index contributed by atoms with van der Waals surface area (Å²) in [6.45, 7) is 2.04. The molecule has 0 aromatic carbocycles. The molecule has 0 fully saturated rings. The molecule has 3 heterocycles. The molecule has 0 aliphatic heterocycles. The molecule has 0 saturated carbocycles. The van der Waals surface area contributed by atoms with E-state index in [2.05, 4.69) is 37.2 Å². The Labute approximate surface area is 114 Å². The van der Waals surface area contributed by atoms with E-state index in [4.69, 9.17) is 11.6 Å². The van der Waals surface area contributed by atoms with Gasteiger partial charge in [0.15, 0.2) is 11.5 Å². The lowest BCUT2D eigenvalue weighted by molar-refractivity contribution is 1.08. The zero-order valence-corrected chi connectivity index (χ0v) is 11.8. The molecule has 0 aliphatic rings. The summed E-state index contributed by atoms with van der Waals surface area (Å²) in [5.41, 5.74) is 1.88. The maximum Gasteiger partial charge on any atom is 0.179 e. The molecule has 0 N–H and O–H groups in total. The minimum atomic E-state index is 0.417. The van der Waals surface area contributed by atoms with Crippen molar-refractivity contribution < 1.29 is 0 Å². The van der Waals surface area contributed by atoms with Crippen LogP contribution in [-0.4, -0.2) is 19.6 Å². The van der Waals surface area contributed by atoms with Gasteiger partial charge in [0.2, 0.25) is 0 Å². The van der Waals surface area contributed by atoms with Crippen molar-refractivity contribution in [2.45, 2.75) is 6.92 Å². The second-order valence-electron chi connectivity index (χ2n) is 3.53. The summed E-state index contributed by atoms with van der Waals surface area (Å²) >= 11 is 10.9. The average molecular weight is 330 g/mol. The summed E-state index contributed by atoms with van der Waals surface area (Å²) in [6.07, 6.45) is 1.63. The largest absolute Gasteiger partial charge is 0.264 e. The summed E-state index contributed by atoms with van der Waals surface area (Å²) < 4.78 is 2.93. The van der Waals surface area contributed by atoms with Gasteiger partial charge < -0.3 is 0 Å². The Morgan fingerprint density at radius 3 is 2.88 bits per heavy atom. The minimum Gasteiger partial charge on any atom is -0.264 e. The molecular formula is C10H6BrClN4S. The first-order valence-corrected chi connectivity index (χ1v) is 6.76. The van der Waals surface area contributed by atoms with Crippen molar-refractivity contribution >= 4 is 44.5 Å². The maximum atomic E-state index is 5.81. The number of nitrogens with zero attached hydrogens (tertiary/aromatic N) is 4. The fraction of sp³-hybridized carbons (Fsp3) is 0.100. The van der Waals surface area contributed by atoms with Gasteiger partial charge in [-0.15, -0.1) is 21.5 Å². The Balaban J connectivity index is 2.24. The number of halogens is 2. The highest BCUT2D eigenvalue weighted by atomic mass is 79.9. The molecule has 17 heavy (non-hydrogen) atoms. The number of aromatic nitrogens is 4. The third kappa shape index (κ3) is 1.86. The third-order valence-corrected chi connectivity index (χ3v) is 4.68. The first-order chi connectivity index (χ1) is 8.15. The Hall–Kier alpha value is -0.980. The summed E-state index contributed by atoms with van der Waals surface area (Å²) in [5.74, 6) is 0.781. The van der Waals surface area contributed by atoms with E-state index in [-0.39, 0.29) is 0 Å². The SMILES string of the molecule is Cc1cc(-c2nnc3cc(Cl)ncn23)sc1Br. The van der Waals surface area contributed by atoms with Crippen LogP contribution in [0, 0.1) is 6.92 Å². The van der Waals surface area contributed by atoms with Gasteiger partial charge in [0.25, 0.3) is 0 Å². The maximum absolute atomic E-state index is 5.81. The fourth-order valence-corrected chi connectivity index (χ4v) is 3.17. The molecule has 0 amide bonds. The highest BCUT2D eigenvalue weighted by Crippen LogP contribution is 2.33. The van der Waals surface area contributed by atoms with E-state index in [0.29, 0.717) is 10.8 Å². The quantitative estimate of drug-likeness (QED) is 0.641. The van der Waals surface area contributed by atoms with E-state index in [1.807, 2.05) is 11.3 Å².